The number of carbonyl (C=O) groups excluding carboxylic acids is 1. The quantitative estimate of drug-likeness (QED) is 0.828. The van der Waals surface area contributed by atoms with Crippen molar-refractivity contribution in [3.05, 3.63) is 17.0 Å². The monoisotopic (exact) mass is 250 g/mol. The van der Waals surface area contributed by atoms with Crippen LogP contribution in [-0.4, -0.2) is 28.8 Å². The maximum atomic E-state index is 12.2. The van der Waals surface area contributed by atoms with Gasteiger partial charge in [-0.3, -0.25) is 9.48 Å². The number of carbonyl (C=O) groups is 1. The molecule has 0 aliphatic carbocycles. The normalized spacial score (nSPS) is 23.3. The minimum atomic E-state index is -0.260. The highest BCUT2D eigenvalue weighted by Gasteiger charge is 2.36. The van der Waals surface area contributed by atoms with Gasteiger partial charge in [-0.2, -0.15) is 5.10 Å². The molecule has 1 fully saturated rings. The Labute approximate surface area is 108 Å². The lowest BCUT2D eigenvalue weighted by Crippen LogP contribution is -2.40. The number of hydrogen-bond acceptors (Lipinski definition) is 3. The van der Waals surface area contributed by atoms with Crippen LogP contribution in [0.4, 0.5) is 0 Å². The molecule has 1 aliphatic rings. The minimum Gasteiger partial charge on any atom is -0.351 e. The number of rotatable bonds is 3. The Kier molecular flexibility index (Phi) is 3.43. The summed E-state index contributed by atoms with van der Waals surface area (Å²) in [5, 5.41) is 10.6. The van der Waals surface area contributed by atoms with Gasteiger partial charge in [-0.15, -0.1) is 0 Å². The van der Waals surface area contributed by atoms with E-state index >= 15 is 0 Å². The smallest absolute Gasteiger partial charge is 0.227 e. The zero-order chi connectivity index (χ0) is 13.3. The van der Waals surface area contributed by atoms with Crippen LogP contribution in [0.15, 0.2) is 0 Å². The molecule has 100 valence electrons. The number of aryl methyl sites for hydroxylation is 2. The van der Waals surface area contributed by atoms with Gasteiger partial charge in [-0.05, 0) is 33.7 Å². The maximum absolute atomic E-state index is 12.2. The summed E-state index contributed by atoms with van der Waals surface area (Å²) in [6, 6.07) is 0. The Bertz CT molecular complexity index is 458. The van der Waals surface area contributed by atoms with E-state index in [9.17, 15) is 4.79 Å². The van der Waals surface area contributed by atoms with Crippen LogP contribution in [-0.2, 0) is 18.4 Å². The van der Waals surface area contributed by atoms with E-state index < -0.39 is 0 Å². The molecule has 5 nitrogen and oxygen atoms in total. The van der Waals surface area contributed by atoms with E-state index in [1.807, 2.05) is 32.5 Å². The van der Waals surface area contributed by atoms with Crippen molar-refractivity contribution in [2.75, 3.05) is 13.1 Å². The van der Waals surface area contributed by atoms with Gasteiger partial charge in [0, 0.05) is 31.4 Å². The Balaban J connectivity index is 2.01. The molecule has 0 aromatic carbocycles. The summed E-state index contributed by atoms with van der Waals surface area (Å²) in [5.74, 6) is 0.134. The van der Waals surface area contributed by atoms with Crippen LogP contribution in [0.5, 0.6) is 0 Å². The van der Waals surface area contributed by atoms with Crippen LogP contribution in [0, 0.1) is 19.3 Å². The van der Waals surface area contributed by atoms with E-state index in [0.29, 0.717) is 6.54 Å². The molecule has 2 heterocycles. The van der Waals surface area contributed by atoms with Crippen LogP contribution >= 0.6 is 0 Å². The fourth-order valence-electron chi connectivity index (χ4n) is 2.47. The molecule has 1 unspecified atom stereocenters. The van der Waals surface area contributed by atoms with Crippen molar-refractivity contribution in [2.24, 2.45) is 12.5 Å². The Morgan fingerprint density at radius 2 is 2.28 bits per heavy atom. The summed E-state index contributed by atoms with van der Waals surface area (Å²) in [5.41, 5.74) is 2.97. The molecule has 0 saturated carbocycles. The van der Waals surface area contributed by atoms with Crippen molar-refractivity contribution in [1.29, 1.82) is 0 Å². The third-order valence-corrected chi connectivity index (χ3v) is 4.00. The number of hydrogen-bond donors (Lipinski definition) is 2. The third kappa shape index (κ3) is 2.27. The van der Waals surface area contributed by atoms with Crippen molar-refractivity contribution in [3.63, 3.8) is 0 Å². The van der Waals surface area contributed by atoms with Gasteiger partial charge in [-0.1, -0.05) is 0 Å². The number of aromatic nitrogens is 2. The summed E-state index contributed by atoms with van der Waals surface area (Å²) >= 11 is 0. The molecule has 0 bridgehead atoms. The first kappa shape index (κ1) is 13.1. The molecular weight excluding hydrogens is 228 g/mol. The molecule has 1 aromatic heterocycles. The molecule has 1 aromatic rings. The molecule has 18 heavy (non-hydrogen) atoms. The molecule has 1 saturated heterocycles. The van der Waals surface area contributed by atoms with Crippen LogP contribution < -0.4 is 10.6 Å². The first-order chi connectivity index (χ1) is 8.44. The summed E-state index contributed by atoms with van der Waals surface area (Å²) < 4.78 is 1.86. The van der Waals surface area contributed by atoms with E-state index in [4.69, 9.17) is 0 Å². The molecule has 1 aliphatic heterocycles. The maximum Gasteiger partial charge on any atom is 0.227 e. The van der Waals surface area contributed by atoms with E-state index in [1.54, 1.807) is 0 Å². The van der Waals surface area contributed by atoms with Crippen molar-refractivity contribution < 1.29 is 4.79 Å². The predicted molar refractivity (Wildman–Crippen MR) is 70.1 cm³/mol. The van der Waals surface area contributed by atoms with Crippen LogP contribution in [0.25, 0.3) is 0 Å². The lowest BCUT2D eigenvalue weighted by molar-refractivity contribution is -0.129. The summed E-state index contributed by atoms with van der Waals surface area (Å²) in [4.78, 5) is 12.2. The van der Waals surface area contributed by atoms with Crippen molar-refractivity contribution in [1.82, 2.24) is 20.4 Å². The second kappa shape index (κ2) is 4.72. The van der Waals surface area contributed by atoms with E-state index in [-0.39, 0.29) is 11.3 Å². The van der Waals surface area contributed by atoms with E-state index in [2.05, 4.69) is 15.7 Å². The standard InChI is InChI=1S/C13H22N4O/c1-9-11(10(2)17(4)16-9)7-15-12(18)13(3)5-6-14-8-13/h14H,5-8H2,1-4H3,(H,15,18). The average Bonchev–Trinajstić information content (AvgIpc) is 2.85. The fraction of sp³-hybridized carbons (Fsp3) is 0.692. The topological polar surface area (TPSA) is 59.0 Å². The highest BCUT2D eigenvalue weighted by atomic mass is 16.2. The summed E-state index contributed by atoms with van der Waals surface area (Å²) in [7, 11) is 1.93. The molecule has 0 radical (unpaired) electrons. The molecule has 2 rings (SSSR count). The Hall–Kier alpha value is -1.36. The second-order valence-corrected chi connectivity index (χ2v) is 5.44. The van der Waals surface area contributed by atoms with Crippen molar-refractivity contribution in [2.45, 2.75) is 33.7 Å². The van der Waals surface area contributed by atoms with Gasteiger partial charge in [0.05, 0.1) is 11.1 Å². The number of amides is 1. The van der Waals surface area contributed by atoms with Crippen LogP contribution in [0.2, 0.25) is 0 Å². The predicted octanol–water partition coefficient (Wildman–Crippen LogP) is 0.653. The van der Waals surface area contributed by atoms with Gasteiger partial charge in [0.15, 0.2) is 0 Å². The first-order valence-electron chi connectivity index (χ1n) is 6.42. The highest BCUT2D eigenvalue weighted by molar-refractivity contribution is 5.82. The molecule has 1 amide bonds. The lowest BCUT2D eigenvalue weighted by Gasteiger charge is -2.21. The SMILES string of the molecule is Cc1nn(C)c(C)c1CNC(=O)C1(C)CCNC1. The van der Waals surface area contributed by atoms with Gasteiger partial charge in [-0.25, -0.2) is 0 Å². The van der Waals surface area contributed by atoms with Gasteiger partial charge in [0.2, 0.25) is 5.91 Å². The van der Waals surface area contributed by atoms with Crippen molar-refractivity contribution in [3.8, 4) is 0 Å². The van der Waals surface area contributed by atoms with Crippen molar-refractivity contribution >= 4 is 5.91 Å². The molecule has 2 N–H and O–H groups in total. The van der Waals surface area contributed by atoms with E-state index in [1.165, 1.54) is 0 Å². The fourth-order valence-corrected chi connectivity index (χ4v) is 2.47. The van der Waals surface area contributed by atoms with Gasteiger partial charge in [0.25, 0.3) is 0 Å². The second-order valence-electron chi connectivity index (χ2n) is 5.44. The zero-order valence-corrected chi connectivity index (χ0v) is 11.6. The average molecular weight is 250 g/mol. The molecule has 0 spiro atoms. The van der Waals surface area contributed by atoms with Crippen LogP contribution in [0.1, 0.15) is 30.3 Å². The molecule has 5 heteroatoms. The zero-order valence-electron chi connectivity index (χ0n) is 11.6. The summed E-state index contributed by atoms with van der Waals surface area (Å²) in [6.07, 6.45) is 0.907. The molecule has 1 atom stereocenters. The minimum absolute atomic E-state index is 0.134. The lowest BCUT2D eigenvalue weighted by atomic mass is 9.89. The van der Waals surface area contributed by atoms with Gasteiger partial charge < -0.3 is 10.6 Å². The largest absolute Gasteiger partial charge is 0.351 e. The Morgan fingerprint density at radius 3 is 2.78 bits per heavy atom. The first-order valence-corrected chi connectivity index (χ1v) is 6.42. The van der Waals surface area contributed by atoms with Gasteiger partial charge in [0.1, 0.15) is 0 Å². The number of nitrogens with zero attached hydrogens (tertiary/aromatic N) is 2. The highest BCUT2D eigenvalue weighted by Crippen LogP contribution is 2.24. The van der Waals surface area contributed by atoms with Crippen LogP contribution in [0.3, 0.4) is 0 Å². The van der Waals surface area contributed by atoms with E-state index in [0.717, 1.165) is 36.5 Å². The molecular formula is C13H22N4O. The Morgan fingerprint density at radius 1 is 1.56 bits per heavy atom. The summed E-state index contributed by atoms with van der Waals surface area (Å²) in [6.45, 7) is 8.29. The third-order valence-electron chi connectivity index (χ3n) is 4.00. The van der Waals surface area contributed by atoms with Gasteiger partial charge >= 0.3 is 0 Å². The number of nitrogens with one attached hydrogen (secondary N) is 2.